The van der Waals surface area contributed by atoms with Crippen LogP contribution in [0.15, 0.2) is 18.2 Å². The van der Waals surface area contributed by atoms with Crippen molar-refractivity contribution in [2.75, 3.05) is 6.54 Å². The molecule has 1 fully saturated rings. The van der Waals surface area contributed by atoms with Gasteiger partial charge in [0.15, 0.2) is 0 Å². The lowest BCUT2D eigenvalue weighted by Crippen LogP contribution is -2.34. The van der Waals surface area contributed by atoms with E-state index in [9.17, 15) is 4.79 Å². The van der Waals surface area contributed by atoms with Crippen molar-refractivity contribution in [2.45, 2.75) is 53.0 Å². The van der Waals surface area contributed by atoms with Crippen molar-refractivity contribution in [1.82, 2.24) is 14.9 Å². The maximum Gasteiger partial charge on any atom is 0.254 e. The first-order valence-corrected chi connectivity index (χ1v) is 8.51. The molecule has 1 aromatic carbocycles. The summed E-state index contributed by atoms with van der Waals surface area (Å²) in [5.74, 6) is 0.743. The summed E-state index contributed by atoms with van der Waals surface area (Å²) < 4.78 is 0. The molecular weight excluding hydrogens is 286 g/mol. The van der Waals surface area contributed by atoms with Gasteiger partial charge in [-0.25, -0.2) is 9.97 Å². The minimum Gasteiger partial charge on any atom is -0.336 e. The highest BCUT2D eigenvalue weighted by Crippen LogP contribution is 2.29. The van der Waals surface area contributed by atoms with E-state index >= 15 is 0 Å². The smallest absolute Gasteiger partial charge is 0.254 e. The van der Waals surface area contributed by atoms with Gasteiger partial charge < -0.3 is 4.90 Å². The standard InChI is InChI=1S/C19H25N3O/c1-12(2)9-10-22(16-6-7-16)19(23)15-5-8-17-18(11-15)21-14(4)13(3)20-17/h5,8,11-12,16H,6-7,9-10H2,1-4H3. The number of aromatic nitrogens is 2. The van der Waals surface area contributed by atoms with Crippen molar-refractivity contribution in [3.8, 4) is 0 Å². The molecule has 0 unspecified atom stereocenters. The monoisotopic (exact) mass is 311 g/mol. The lowest BCUT2D eigenvalue weighted by Gasteiger charge is -2.23. The molecule has 0 N–H and O–H groups in total. The average molecular weight is 311 g/mol. The summed E-state index contributed by atoms with van der Waals surface area (Å²) in [7, 11) is 0. The number of nitrogens with zero attached hydrogens (tertiary/aromatic N) is 3. The summed E-state index contributed by atoms with van der Waals surface area (Å²) in [5.41, 5.74) is 4.24. The normalized spacial score (nSPS) is 14.5. The van der Waals surface area contributed by atoms with Crippen LogP contribution in [0.5, 0.6) is 0 Å². The fourth-order valence-corrected chi connectivity index (χ4v) is 2.76. The summed E-state index contributed by atoms with van der Waals surface area (Å²) in [6, 6.07) is 6.12. The van der Waals surface area contributed by atoms with Gasteiger partial charge in [-0.05, 0) is 57.2 Å². The molecule has 0 atom stereocenters. The predicted molar refractivity (Wildman–Crippen MR) is 92.5 cm³/mol. The third-order valence-electron chi connectivity index (χ3n) is 4.52. The number of carbonyl (C=O) groups is 1. The van der Waals surface area contributed by atoms with E-state index in [0.29, 0.717) is 12.0 Å². The maximum atomic E-state index is 12.9. The van der Waals surface area contributed by atoms with E-state index in [1.54, 1.807) is 0 Å². The largest absolute Gasteiger partial charge is 0.336 e. The van der Waals surface area contributed by atoms with Gasteiger partial charge in [-0.2, -0.15) is 0 Å². The Bertz CT molecular complexity index is 735. The molecule has 4 nitrogen and oxygen atoms in total. The summed E-state index contributed by atoms with van der Waals surface area (Å²) in [6.07, 6.45) is 3.32. The highest BCUT2D eigenvalue weighted by molar-refractivity contribution is 5.97. The Labute approximate surface area is 137 Å². The van der Waals surface area contributed by atoms with Crippen LogP contribution in [-0.2, 0) is 0 Å². The molecule has 0 bridgehead atoms. The Morgan fingerprint density at radius 2 is 1.83 bits per heavy atom. The Kier molecular flexibility index (Phi) is 4.33. The van der Waals surface area contributed by atoms with Crippen molar-refractivity contribution >= 4 is 16.9 Å². The molecule has 1 aromatic heterocycles. The van der Waals surface area contributed by atoms with Crippen LogP contribution >= 0.6 is 0 Å². The maximum absolute atomic E-state index is 12.9. The van der Waals surface area contributed by atoms with E-state index in [4.69, 9.17) is 0 Å². The summed E-state index contributed by atoms with van der Waals surface area (Å²) in [6.45, 7) is 9.16. The zero-order chi connectivity index (χ0) is 16.6. The third-order valence-corrected chi connectivity index (χ3v) is 4.52. The van der Waals surface area contributed by atoms with Crippen LogP contribution < -0.4 is 0 Å². The first kappa shape index (κ1) is 15.9. The Hall–Kier alpha value is -1.97. The molecule has 3 rings (SSSR count). The number of rotatable bonds is 5. The van der Waals surface area contributed by atoms with Crippen LogP contribution in [0.25, 0.3) is 11.0 Å². The van der Waals surface area contributed by atoms with Crippen molar-refractivity contribution in [3.05, 3.63) is 35.2 Å². The third kappa shape index (κ3) is 3.52. The lowest BCUT2D eigenvalue weighted by molar-refractivity contribution is 0.0735. The molecule has 2 aromatic rings. The van der Waals surface area contributed by atoms with Crippen molar-refractivity contribution in [1.29, 1.82) is 0 Å². The summed E-state index contributed by atoms with van der Waals surface area (Å²) in [5, 5.41) is 0. The van der Waals surface area contributed by atoms with Crippen molar-refractivity contribution in [3.63, 3.8) is 0 Å². The Balaban J connectivity index is 1.88. The van der Waals surface area contributed by atoms with Gasteiger partial charge in [-0.1, -0.05) is 13.8 Å². The SMILES string of the molecule is Cc1nc2ccc(C(=O)N(CCC(C)C)C3CC3)cc2nc1C. The van der Waals surface area contributed by atoms with Crippen molar-refractivity contribution < 1.29 is 4.79 Å². The fraction of sp³-hybridized carbons (Fsp3) is 0.526. The number of amides is 1. The first-order valence-electron chi connectivity index (χ1n) is 8.51. The van der Waals surface area contributed by atoms with Gasteiger partial charge in [0.25, 0.3) is 5.91 Å². The van der Waals surface area contributed by atoms with Gasteiger partial charge in [-0.3, -0.25) is 4.79 Å². The molecule has 1 aliphatic rings. The highest BCUT2D eigenvalue weighted by Gasteiger charge is 2.32. The second kappa shape index (κ2) is 6.26. The topological polar surface area (TPSA) is 46.1 Å². The molecule has 1 amide bonds. The molecular formula is C19H25N3O. The van der Waals surface area contributed by atoms with Gasteiger partial charge in [0.1, 0.15) is 0 Å². The number of fused-ring (bicyclic) bond motifs is 1. The average Bonchev–Trinajstić information content (AvgIpc) is 3.32. The van der Waals surface area contributed by atoms with E-state index in [2.05, 4.69) is 28.7 Å². The Morgan fingerprint density at radius 1 is 1.17 bits per heavy atom. The molecule has 0 radical (unpaired) electrons. The minimum atomic E-state index is 0.134. The molecule has 23 heavy (non-hydrogen) atoms. The summed E-state index contributed by atoms with van der Waals surface area (Å²) >= 11 is 0. The van der Waals surface area contributed by atoms with Crippen LogP contribution in [0, 0.1) is 19.8 Å². The minimum absolute atomic E-state index is 0.134. The second-order valence-electron chi connectivity index (χ2n) is 7.01. The number of hydrogen-bond acceptors (Lipinski definition) is 3. The van der Waals surface area contributed by atoms with Gasteiger partial charge >= 0.3 is 0 Å². The molecule has 0 saturated heterocycles. The van der Waals surface area contributed by atoms with E-state index in [1.165, 1.54) is 0 Å². The fourth-order valence-electron chi connectivity index (χ4n) is 2.76. The van der Waals surface area contributed by atoms with E-state index in [1.807, 2.05) is 32.0 Å². The number of benzene rings is 1. The molecule has 1 heterocycles. The molecule has 1 aliphatic carbocycles. The molecule has 0 aliphatic heterocycles. The number of carbonyl (C=O) groups excluding carboxylic acids is 1. The van der Waals surface area contributed by atoms with Gasteiger partial charge in [-0.15, -0.1) is 0 Å². The second-order valence-corrected chi connectivity index (χ2v) is 7.01. The number of hydrogen-bond donors (Lipinski definition) is 0. The van der Waals surface area contributed by atoms with Crippen LogP contribution in [0.4, 0.5) is 0 Å². The van der Waals surface area contributed by atoms with Crippen LogP contribution in [0.1, 0.15) is 54.9 Å². The van der Waals surface area contributed by atoms with E-state index in [0.717, 1.165) is 53.8 Å². The quantitative estimate of drug-likeness (QED) is 0.841. The molecule has 122 valence electrons. The van der Waals surface area contributed by atoms with Gasteiger partial charge in [0.2, 0.25) is 0 Å². The van der Waals surface area contributed by atoms with Crippen LogP contribution in [0.3, 0.4) is 0 Å². The number of aryl methyl sites for hydroxylation is 2. The van der Waals surface area contributed by atoms with Crippen LogP contribution in [0.2, 0.25) is 0 Å². The van der Waals surface area contributed by atoms with Crippen LogP contribution in [-0.4, -0.2) is 33.4 Å². The van der Waals surface area contributed by atoms with E-state index in [-0.39, 0.29) is 5.91 Å². The van der Waals surface area contributed by atoms with E-state index < -0.39 is 0 Å². The summed E-state index contributed by atoms with van der Waals surface area (Å²) in [4.78, 5) is 24.1. The first-order chi connectivity index (χ1) is 11.0. The lowest BCUT2D eigenvalue weighted by atomic mass is 10.1. The molecule has 0 spiro atoms. The molecule has 1 saturated carbocycles. The predicted octanol–water partition coefficient (Wildman–Crippen LogP) is 3.90. The van der Waals surface area contributed by atoms with Crippen molar-refractivity contribution in [2.24, 2.45) is 5.92 Å². The zero-order valence-electron chi connectivity index (χ0n) is 14.5. The van der Waals surface area contributed by atoms with Gasteiger partial charge in [0.05, 0.1) is 22.4 Å². The molecule has 4 heteroatoms. The highest BCUT2D eigenvalue weighted by atomic mass is 16.2. The Morgan fingerprint density at radius 3 is 2.43 bits per heavy atom. The zero-order valence-corrected chi connectivity index (χ0v) is 14.5. The van der Waals surface area contributed by atoms with Gasteiger partial charge in [0, 0.05) is 18.2 Å².